The van der Waals surface area contributed by atoms with Crippen LogP contribution < -0.4 is 0 Å². The van der Waals surface area contributed by atoms with E-state index in [1.54, 1.807) is 0 Å². The molecule has 0 fully saturated rings. The molecule has 0 aliphatic carbocycles. The molecule has 0 amide bonds. The summed E-state index contributed by atoms with van der Waals surface area (Å²) in [6.07, 6.45) is 3.79. The van der Waals surface area contributed by atoms with Crippen molar-refractivity contribution in [2.75, 3.05) is 6.61 Å². The molecule has 0 aromatic heterocycles. The summed E-state index contributed by atoms with van der Waals surface area (Å²) in [5, 5.41) is 2.74. The van der Waals surface area contributed by atoms with E-state index in [0.717, 1.165) is 6.61 Å². The molecule has 0 aliphatic heterocycles. The average Bonchev–Trinajstić information content (AvgIpc) is 2.01. The molecule has 0 saturated carbocycles. The molecule has 0 bridgehead atoms. The first-order chi connectivity index (χ1) is 5.35. The summed E-state index contributed by atoms with van der Waals surface area (Å²) in [7, 11) is 0. The molecule has 0 radical (unpaired) electrons. The van der Waals surface area contributed by atoms with E-state index >= 15 is 0 Å². The lowest BCUT2D eigenvalue weighted by atomic mass is 10.5. The molecule has 0 rings (SSSR count). The third-order valence-electron chi connectivity index (χ3n) is 1.78. The highest BCUT2D eigenvalue weighted by molar-refractivity contribution is 6.51. The number of rotatable bonds is 7. The van der Waals surface area contributed by atoms with Gasteiger partial charge in [0.05, 0.1) is 0 Å². The standard InChI is InChI=1S/C3H7O.2C3H7.Al/c1-2-3-4;2*1-3-2;/h2-3H2,1H3;2*1,3H2,2H3;/q-1;;;+1. The molecule has 0 aliphatic rings. The van der Waals surface area contributed by atoms with Gasteiger partial charge in [-0.1, -0.05) is 44.2 Å². The van der Waals surface area contributed by atoms with Gasteiger partial charge in [-0.25, -0.2) is 0 Å². The monoisotopic (exact) mass is 172 g/mol. The first kappa shape index (κ1) is 11.5. The van der Waals surface area contributed by atoms with Crippen molar-refractivity contribution in [1.29, 1.82) is 0 Å². The minimum absolute atomic E-state index is 0.751. The van der Waals surface area contributed by atoms with Gasteiger partial charge in [-0.3, -0.25) is 0 Å². The van der Waals surface area contributed by atoms with E-state index in [1.165, 1.54) is 29.8 Å². The normalized spacial score (nSPS) is 10.1. The van der Waals surface area contributed by atoms with E-state index in [-0.39, 0.29) is 0 Å². The Labute approximate surface area is 75.9 Å². The van der Waals surface area contributed by atoms with Crippen LogP contribution in [-0.4, -0.2) is 21.1 Å². The maximum atomic E-state index is 5.81. The Morgan fingerprint density at radius 2 is 1.45 bits per heavy atom. The zero-order chi connectivity index (χ0) is 8.53. The van der Waals surface area contributed by atoms with E-state index in [9.17, 15) is 0 Å². The van der Waals surface area contributed by atoms with E-state index < -0.39 is 14.5 Å². The summed E-state index contributed by atoms with van der Waals surface area (Å²) in [6.45, 7) is 7.69. The molecule has 0 aromatic rings. The topological polar surface area (TPSA) is 9.23 Å². The predicted molar refractivity (Wildman–Crippen MR) is 52.2 cm³/mol. The first-order valence-corrected chi connectivity index (χ1v) is 7.07. The molecule has 66 valence electrons. The zero-order valence-electron chi connectivity index (χ0n) is 8.23. The fourth-order valence-corrected chi connectivity index (χ4v) is 3.72. The van der Waals surface area contributed by atoms with Crippen LogP contribution in [-0.2, 0) is 3.79 Å². The SMILES string of the molecule is CCC[O][Al]([CH2]CC)[CH2]CC. The van der Waals surface area contributed by atoms with Gasteiger partial charge in [0.25, 0.3) is 0 Å². The van der Waals surface area contributed by atoms with Crippen molar-refractivity contribution >= 4 is 14.5 Å². The Bertz CT molecular complexity index is 70.0. The Morgan fingerprint density at radius 3 is 1.82 bits per heavy atom. The lowest BCUT2D eigenvalue weighted by Gasteiger charge is -2.09. The van der Waals surface area contributed by atoms with Crippen molar-refractivity contribution in [2.45, 2.75) is 50.6 Å². The van der Waals surface area contributed by atoms with Gasteiger partial charge in [-0.05, 0) is 6.42 Å². The molecule has 2 heteroatoms. The van der Waals surface area contributed by atoms with Crippen LogP contribution in [0.3, 0.4) is 0 Å². The third-order valence-corrected chi connectivity index (χ3v) is 4.93. The van der Waals surface area contributed by atoms with E-state index in [4.69, 9.17) is 3.79 Å². The van der Waals surface area contributed by atoms with E-state index in [0.29, 0.717) is 0 Å². The van der Waals surface area contributed by atoms with Gasteiger partial charge in [-0.2, -0.15) is 0 Å². The summed E-state index contributed by atoms with van der Waals surface area (Å²) in [6, 6.07) is 0. The smallest absolute Gasteiger partial charge is 0.460 e. The van der Waals surface area contributed by atoms with Crippen LogP contribution in [0.4, 0.5) is 0 Å². The van der Waals surface area contributed by atoms with Gasteiger partial charge < -0.3 is 3.79 Å². The lowest BCUT2D eigenvalue weighted by Crippen LogP contribution is -2.17. The van der Waals surface area contributed by atoms with E-state index in [1.807, 2.05) is 0 Å². The van der Waals surface area contributed by atoms with Crippen LogP contribution >= 0.6 is 0 Å². The van der Waals surface area contributed by atoms with Crippen molar-refractivity contribution in [3.8, 4) is 0 Å². The second kappa shape index (κ2) is 8.59. The van der Waals surface area contributed by atoms with Crippen molar-refractivity contribution in [3.63, 3.8) is 0 Å². The molecule has 0 atom stereocenters. The highest BCUT2D eigenvalue weighted by atomic mass is 27.2. The lowest BCUT2D eigenvalue weighted by molar-refractivity contribution is 0.317. The minimum atomic E-state index is -0.751. The number of hydrogen-bond acceptors (Lipinski definition) is 1. The summed E-state index contributed by atoms with van der Waals surface area (Å²) in [5.74, 6) is 0. The molecule has 0 N–H and O–H groups in total. The predicted octanol–water partition coefficient (Wildman–Crippen LogP) is 3.22. The summed E-state index contributed by atoms with van der Waals surface area (Å²) in [5.41, 5.74) is 0. The van der Waals surface area contributed by atoms with Crippen LogP contribution in [0.15, 0.2) is 0 Å². The molecule has 0 aromatic carbocycles. The van der Waals surface area contributed by atoms with Crippen molar-refractivity contribution in [2.24, 2.45) is 0 Å². The van der Waals surface area contributed by atoms with Gasteiger partial charge in [0.1, 0.15) is 0 Å². The Kier molecular flexibility index (Phi) is 8.97. The average molecular weight is 172 g/mol. The molecule has 0 saturated heterocycles. The maximum absolute atomic E-state index is 5.81. The summed E-state index contributed by atoms with van der Waals surface area (Å²) < 4.78 is 5.81. The van der Waals surface area contributed by atoms with Crippen molar-refractivity contribution in [1.82, 2.24) is 0 Å². The molecule has 0 heterocycles. The Balaban J connectivity index is 3.34. The molecular weight excluding hydrogens is 151 g/mol. The fraction of sp³-hybridized carbons (Fsp3) is 1.00. The van der Waals surface area contributed by atoms with Crippen molar-refractivity contribution in [3.05, 3.63) is 0 Å². The quantitative estimate of drug-likeness (QED) is 0.536. The molecular formula is C9H21AlO. The first-order valence-electron chi connectivity index (χ1n) is 4.96. The van der Waals surface area contributed by atoms with Gasteiger partial charge in [-0.15, -0.1) is 0 Å². The minimum Gasteiger partial charge on any atom is -0.501 e. The molecule has 0 unspecified atom stereocenters. The van der Waals surface area contributed by atoms with Gasteiger partial charge in [0, 0.05) is 6.61 Å². The van der Waals surface area contributed by atoms with Gasteiger partial charge >= 0.3 is 14.5 Å². The Hall–Kier alpha value is 0.492. The summed E-state index contributed by atoms with van der Waals surface area (Å²) in [4.78, 5) is 0. The summed E-state index contributed by atoms with van der Waals surface area (Å²) >= 11 is -0.751. The highest BCUT2D eigenvalue weighted by Crippen LogP contribution is 2.07. The zero-order valence-corrected chi connectivity index (χ0v) is 9.38. The van der Waals surface area contributed by atoms with Crippen LogP contribution in [0.5, 0.6) is 0 Å². The van der Waals surface area contributed by atoms with Gasteiger partial charge in [0.15, 0.2) is 0 Å². The maximum Gasteiger partial charge on any atom is 0.460 e. The molecule has 1 nitrogen and oxygen atoms in total. The Morgan fingerprint density at radius 1 is 0.909 bits per heavy atom. The number of hydrogen-bond donors (Lipinski definition) is 0. The second-order valence-electron chi connectivity index (χ2n) is 3.07. The van der Waals surface area contributed by atoms with Gasteiger partial charge in [0.2, 0.25) is 0 Å². The van der Waals surface area contributed by atoms with Crippen LogP contribution in [0, 0.1) is 0 Å². The van der Waals surface area contributed by atoms with Crippen LogP contribution in [0.2, 0.25) is 10.6 Å². The largest absolute Gasteiger partial charge is 0.501 e. The van der Waals surface area contributed by atoms with Crippen LogP contribution in [0.25, 0.3) is 0 Å². The van der Waals surface area contributed by atoms with Crippen molar-refractivity contribution < 1.29 is 3.79 Å². The fourth-order valence-electron chi connectivity index (χ4n) is 1.24. The highest BCUT2D eigenvalue weighted by Gasteiger charge is 2.16. The van der Waals surface area contributed by atoms with E-state index in [2.05, 4.69) is 20.8 Å². The molecule has 11 heavy (non-hydrogen) atoms. The third kappa shape index (κ3) is 6.87. The molecule has 0 spiro atoms. The second-order valence-corrected chi connectivity index (χ2v) is 5.80. The van der Waals surface area contributed by atoms with Crippen LogP contribution in [0.1, 0.15) is 40.0 Å².